The van der Waals surface area contributed by atoms with Gasteiger partial charge in [0.1, 0.15) is 17.7 Å². The molecule has 4 aliphatic rings. The Morgan fingerprint density at radius 1 is 1.19 bits per heavy atom. The maximum absolute atomic E-state index is 13.8. The fourth-order valence-corrected chi connectivity index (χ4v) is 6.04. The molecule has 2 saturated heterocycles. The summed E-state index contributed by atoms with van der Waals surface area (Å²) in [6.45, 7) is 13.9. The normalized spacial score (nSPS) is 29.4. The van der Waals surface area contributed by atoms with E-state index in [-0.39, 0.29) is 53.1 Å². The first-order chi connectivity index (χ1) is 17.2. The van der Waals surface area contributed by atoms with Crippen molar-refractivity contribution in [3.8, 4) is 0 Å². The molecule has 2 heterocycles. The molecular formula is C27H40N4O6. The van der Waals surface area contributed by atoms with Crippen molar-refractivity contribution in [2.24, 2.45) is 29.1 Å². The fraction of sp³-hybridized carbons (Fsp3) is 0.741. The molecule has 0 radical (unpaired) electrons. The number of likely N-dealkylation sites (tertiary alicyclic amines) is 1. The maximum atomic E-state index is 13.8. The number of alkyl carbamates (subject to hydrolysis) is 1. The first kappa shape index (κ1) is 27.1. The van der Waals surface area contributed by atoms with Crippen LogP contribution in [0.4, 0.5) is 4.79 Å². The monoisotopic (exact) mass is 516 g/mol. The molecule has 0 bridgehead atoms. The minimum absolute atomic E-state index is 0.00429. The van der Waals surface area contributed by atoms with Crippen LogP contribution in [0.1, 0.15) is 60.3 Å². The van der Waals surface area contributed by atoms with Crippen molar-refractivity contribution < 1.29 is 28.7 Å². The number of carbonyl (C=O) groups is 5. The van der Waals surface area contributed by atoms with Crippen LogP contribution in [0.3, 0.4) is 0 Å². The third-order valence-corrected chi connectivity index (χ3v) is 8.34. The van der Waals surface area contributed by atoms with Crippen molar-refractivity contribution >= 4 is 29.6 Å². The van der Waals surface area contributed by atoms with E-state index in [1.165, 1.54) is 0 Å². The van der Waals surface area contributed by atoms with Gasteiger partial charge in [-0.1, -0.05) is 20.4 Å². The molecule has 2 unspecified atom stereocenters. The highest BCUT2D eigenvalue weighted by atomic mass is 16.6. The van der Waals surface area contributed by atoms with Gasteiger partial charge in [-0.25, -0.2) is 4.79 Å². The Kier molecular flexibility index (Phi) is 7.16. The molecular weight excluding hydrogens is 476 g/mol. The summed E-state index contributed by atoms with van der Waals surface area (Å²) in [5.74, 6) is -1.44. The number of nitrogens with one attached hydrogen (secondary N) is 3. The molecule has 0 aromatic carbocycles. The molecule has 6 atom stereocenters. The SMILES string of the molecule is C=CC(=O)C(C[C@@H]1CCNC1=O)NC(=O)[C@@H]1[C@@H]2[C@H](CN1C(=O)C(NC(=O)OC(C)(C)C)C1CC1)C2(C)C. The lowest BCUT2D eigenvalue weighted by Crippen LogP contribution is -2.58. The largest absolute Gasteiger partial charge is 0.444 e. The van der Waals surface area contributed by atoms with Gasteiger partial charge in [0.05, 0.1) is 6.04 Å². The van der Waals surface area contributed by atoms with Crippen LogP contribution in [0.15, 0.2) is 12.7 Å². The predicted molar refractivity (Wildman–Crippen MR) is 135 cm³/mol. The molecule has 0 aromatic rings. The third kappa shape index (κ3) is 5.67. The number of amides is 4. The van der Waals surface area contributed by atoms with E-state index in [0.717, 1.165) is 18.9 Å². The lowest BCUT2D eigenvalue weighted by atomic mass is 9.94. The van der Waals surface area contributed by atoms with Gasteiger partial charge in [-0.3, -0.25) is 19.2 Å². The lowest BCUT2D eigenvalue weighted by molar-refractivity contribution is -0.143. The van der Waals surface area contributed by atoms with Crippen LogP contribution in [0.2, 0.25) is 0 Å². The molecule has 4 fully saturated rings. The van der Waals surface area contributed by atoms with Gasteiger partial charge in [-0.05, 0) is 75.7 Å². The van der Waals surface area contributed by atoms with Crippen LogP contribution in [-0.4, -0.2) is 71.3 Å². The molecule has 37 heavy (non-hydrogen) atoms. The number of ether oxygens (including phenoxy) is 1. The van der Waals surface area contributed by atoms with Crippen molar-refractivity contribution in [2.45, 2.75) is 84.0 Å². The Morgan fingerprint density at radius 2 is 1.86 bits per heavy atom. The first-order valence-corrected chi connectivity index (χ1v) is 13.3. The number of carbonyl (C=O) groups excluding carboxylic acids is 5. The van der Waals surface area contributed by atoms with Crippen molar-refractivity contribution in [1.29, 1.82) is 0 Å². The van der Waals surface area contributed by atoms with Crippen molar-refractivity contribution in [3.63, 3.8) is 0 Å². The van der Waals surface area contributed by atoms with Gasteiger partial charge in [-0.2, -0.15) is 0 Å². The van der Waals surface area contributed by atoms with Gasteiger partial charge in [-0.15, -0.1) is 0 Å². The second kappa shape index (κ2) is 9.76. The van der Waals surface area contributed by atoms with Crippen LogP contribution in [0, 0.1) is 29.1 Å². The van der Waals surface area contributed by atoms with E-state index in [1.54, 1.807) is 25.7 Å². The molecule has 4 rings (SSSR count). The zero-order chi connectivity index (χ0) is 27.3. The third-order valence-electron chi connectivity index (χ3n) is 8.34. The number of hydrogen-bond donors (Lipinski definition) is 3. The van der Waals surface area contributed by atoms with E-state index >= 15 is 0 Å². The summed E-state index contributed by atoms with van der Waals surface area (Å²) in [6, 6.07) is -2.42. The highest BCUT2D eigenvalue weighted by Crippen LogP contribution is 2.65. The number of fused-ring (bicyclic) bond motifs is 1. The van der Waals surface area contributed by atoms with Crippen LogP contribution in [-0.2, 0) is 23.9 Å². The van der Waals surface area contributed by atoms with Crippen LogP contribution >= 0.6 is 0 Å². The topological polar surface area (TPSA) is 134 Å². The lowest BCUT2D eigenvalue weighted by Gasteiger charge is -2.34. The molecule has 2 saturated carbocycles. The molecule has 2 aliphatic carbocycles. The van der Waals surface area contributed by atoms with Gasteiger partial charge in [0.2, 0.25) is 17.7 Å². The minimum Gasteiger partial charge on any atom is -0.444 e. The summed E-state index contributed by atoms with van der Waals surface area (Å²) in [7, 11) is 0. The van der Waals surface area contributed by atoms with Gasteiger partial charge < -0.3 is 25.6 Å². The smallest absolute Gasteiger partial charge is 0.408 e. The van der Waals surface area contributed by atoms with Gasteiger partial charge in [0, 0.05) is 19.0 Å². The highest BCUT2D eigenvalue weighted by Gasteiger charge is 2.70. The van der Waals surface area contributed by atoms with Crippen molar-refractivity contribution in [2.75, 3.05) is 13.1 Å². The van der Waals surface area contributed by atoms with Crippen molar-refractivity contribution in [3.05, 3.63) is 12.7 Å². The average Bonchev–Trinajstić information content (AvgIpc) is 3.60. The summed E-state index contributed by atoms with van der Waals surface area (Å²) in [4.78, 5) is 66.2. The Balaban J connectivity index is 1.51. The summed E-state index contributed by atoms with van der Waals surface area (Å²) in [6.07, 6.45) is 2.91. The van der Waals surface area contributed by atoms with E-state index in [4.69, 9.17) is 4.74 Å². The summed E-state index contributed by atoms with van der Waals surface area (Å²) in [5, 5.41) is 8.35. The zero-order valence-corrected chi connectivity index (χ0v) is 22.5. The van der Waals surface area contributed by atoms with E-state index in [2.05, 4.69) is 36.4 Å². The quantitative estimate of drug-likeness (QED) is 0.398. The van der Waals surface area contributed by atoms with Gasteiger partial charge in [0.15, 0.2) is 5.78 Å². The number of nitrogens with zero attached hydrogens (tertiary/aromatic N) is 1. The Bertz CT molecular complexity index is 997. The van der Waals surface area contributed by atoms with E-state index in [9.17, 15) is 24.0 Å². The van der Waals surface area contributed by atoms with Crippen LogP contribution < -0.4 is 16.0 Å². The number of piperidine rings is 1. The van der Waals surface area contributed by atoms with Gasteiger partial charge in [0.25, 0.3) is 0 Å². The molecule has 4 amide bonds. The molecule has 10 heteroatoms. The molecule has 0 aromatic heterocycles. The zero-order valence-electron chi connectivity index (χ0n) is 22.5. The highest BCUT2D eigenvalue weighted by molar-refractivity contribution is 5.99. The molecule has 0 spiro atoms. The predicted octanol–water partition coefficient (Wildman–Crippen LogP) is 1.54. The Hall–Kier alpha value is -2.91. The summed E-state index contributed by atoms with van der Waals surface area (Å²) >= 11 is 0. The average molecular weight is 517 g/mol. The Morgan fingerprint density at radius 3 is 2.41 bits per heavy atom. The molecule has 204 valence electrons. The molecule has 2 aliphatic heterocycles. The second-order valence-electron chi connectivity index (χ2n) is 12.5. The molecule has 3 N–H and O–H groups in total. The minimum atomic E-state index is -0.893. The van der Waals surface area contributed by atoms with Crippen LogP contribution in [0.5, 0.6) is 0 Å². The second-order valence-corrected chi connectivity index (χ2v) is 12.5. The summed E-state index contributed by atoms with van der Waals surface area (Å²) < 4.78 is 5.38. The van der Waals surface area contributed by atoms with Gasteiger partial charge >= 0.3 is 6.09 Å². The standard InChI is InChI=1S/C27H40N4O6/c1-7-18(32)17(12-15-10-11-28-22(15)33)29-23(34)21-19-16(27(19,5)6)13-31(21)24(35)20(14-8-9-14)30-25(36)37-26(2,3)4/h7,14-17,19-21H,1,8-13H2,2-6H3,(H,28,33)(H,29,34)(H,30,36)/t15-,16-,17?,19-,20?,21-/m0/s1. The Labute approximate surface area is 218 Å². The maximum Gasteiger partial charge on any atom is 0.408 e. The van der Waals surface area contributed by atoms with Crippen molar-refractivity contribution in [1.82, 2.24) is 20.9 Å². The molecule has 10 nitrogen and oxygen atoms in total. The number of rotatable bonds is 9. The van der Waals surface area contributed by atoms with E-state index in [1.807, 2.05) is 0 Å². The van der Waals surface area contributed by atoms with E-state index in [0.29, 0.717) is 19.5 Å². The van der Waals surface area contributed by atoms with Crippen LogP contribution in [0.25, 0.3) is 0 Å². The number of hydrogen-bond acceptors (Lipinski definition) is 6. The first-order valence-electron chi connectivity index (χ1n) is 13.3. The summed E-state index contributed by atoms with van der Waals surface area (Å²) in [5.41, 5.74) is -0.818. The fourth-order valence-electron chi connectivity index (χ4n) is 6.04. The van der Waals surface area contributed by atoms with E-state index < -0.39 is 35.7 Å². The number of ketones is 1.